The number of carbonyl (C=O) groups excluding carboxylic acids is 1. The molecule has 0 amide bonds. The average Bonchev–Trinajstić information content (AvgIpc) is 3.13. The Hall–Kier alpha value is -2.10. The van der Waals surface area contributed by atoms with Gasteiger partial charge in [0.15, 0.2) is 5.78 Å². The second-order valence-electron chi connectivity index (χ2n) is 6.26. The Morgan fingerprint density at radius 3 is 2.56 bits per heavy atom. The summed E-state index contributed by atoms with van der Waals surface area (Å²) < 4.78 is 5.49. The maximum Gasteiger partial charge on any atom is 0.185 e. The van der Waals surface area contributed by atoms with E-state index in [2.05, 4.69) is 11.0 Å². The smallest absolute Gasteiger partial charge is 0.185 e. The molecule has 1 heterocycles. The number of halogens is 1. The van der Waals surface area contributed by atoms with Gasteiger partial charge in [-0.1, -0.05) is 23.7 Å². The zero-order valence-corrected chi connectivity index (χ0v) is 15.1. The highest BCUT2D eigenvalue weighted by atomic mass is 35.5. The van der Waals surface area contributed by atoms with E-state index in [4.69, 9.17) is 16.3 Å². The molecule has 0 N–H and O–H groups in total. The van der Waals surface area contributed by atoms with Gasteiger partial charge in [-0.05, 0) is 74.0 Å². The van der Waals surface area contributed by atoms with Crippen LogP contribution in [0.15, 0.2) is 48.5 Å². The molecule has 0 atom stereocenters. The predicted octanol–water partition coefficient (Wildman–Crippen LogP) is 4.84. The van der Waals surface area contributed by atoms with Gasteiger partial charge in [-0.25, -0.2) is 0 Å². The van der Waals surface area contributed by atoms with Crippen molar-refractivity contribution in [3.63, 3.8) is 0 Å². The first-order chi connectivity index (χ1) is 12.2. The molecule has 0 spiro atoms. The quantitative estimate of drug-likeness (QED) is 0.548. The fourth-order valence-corrected chi connectivity index (χ4v) is 3.22. The fraction of sp³-hybridized carbons (Fsp3) is 0.286. The van der Waals surface area contributed by atoms with Crippen LogP contribution in [0.1, 0.15) is 34.3 Å². The molecule has 0 radical (unpaired) electrons. The number of carbonyl (C=O) groups is 1. The summed E-state index contributed by atoms with van der Waals surface area (Å²) in [5.74, 6) is 0.863. The van der Waals surface area contributed by atoms with Crippen LogP contribution < -0.4 is 4.74 Å². The number of ketones is 1. The van der Waals surface area contributed by atoms with E-state index in [0.29, 0.717) is 10.6 Å². The van der Waals surface area contributed by atoms with Gasteiger partial charge in [-0.3, -0.25) is 9.69 Å². The number of benzene rings is 2. The summed E-state index contributed by atoms with van der Waals surface area (Å²) in [5, 5.41) is 0.627. The molecule has 3 rings (SSSR count). The van der Waals surface area contributed by atoms with Gasteiger partial charge in [0.1, 0.15) is 5.75 Å². The summed E-state index contributed by atoms with van der Waals surface area (Å²) in [6.45, 7) is 3.16. The third-order valence-corrected chi connectivity index (χ3v) is 4.70. The average molecular weight is 356 g/mol. The Morgan fingerprint density at radius 1 is 1.16 bits per heavy atom. The maximum absolute atomic E-state index is 12.3. The Morgan fingerprint density at radius 2 is 1.88 bits per heavy atom. The van der Waals surface area contributed by atoms with E-state index in [-0.39, 0.29) is 5.78 Å². The highest BCUT2D eigenvalue weighted by Gasteiger charge is 2.14. The normalized spacial score (nSPS) is 15.0. The molecule has 4 heteroatoms. The summed E-state index contributed by atoms with van der Waals surface area (Å²) in [6.07, 6.45) is 5.98. The Bertz CT molecular complexity index is 762. The minimum absolute atomic E-state index is 0.0337. The summed E-state index contributed by atoms with van der Waals surface area (Å²) in [7, 11) is 1.70. The monoisotopic (exact) mass is 355 g/mol. The summed E-state index contributed by atoms with van der Waals surface area (Å²) in [4.78, 5) is 14.7. The highest BCUT2D eigenvalue weighted by Crippen LogP contribution is 2.24. The van der Waals surface area contributed by atoms with Gasteiger partial charge in [-0.15, -0.1) is 0 Å². The standard InChI is InChI=1S/C21H22ClNO2/c1-25-21-11-5-16(14-18(21)15-23-12-2-3-13-23)4-10-20(24)17-6-8-19(22)9-7-17/h4-11,14H,2-3,12-13,15H2,1H3/b10-4+. The van der Waals surface area contributed by atoms with Crippen LogP contribution in [0.4, 0.5) is 0 Å². The van der Waals surface area contributed by atoms with Crippen molar-refractivity contribution >= 4 is 23.5 Å². The lowest BCUT2D eigenvalue weighted by atomic mass is 10.1. The number of hydrogen-bond acceptors (Lipinski definition) is 3. The van der Waals surface area contributed by atoms with Crippen LogP contribution in [0.5, 0.6) is 5.75 Å². The van der Waals surface area contributed by atoms with Crippen molar-refractivity contribution in [1.82, 2.24) is 4.90 Å². The van der Waals surface area contributed by atoms with Crippen molar-refractivity contribution in [2.24, 2.45) is 0 Å². The van der Waals surface area contributed by atoms with Crippen LogP contribution >= 0.6 is 11.6 Å². The highest BCUT2D eigenvalue weighted by molar-refractivity contribution is 6.30. The van der Waals surface area contributed by atoms with Crippen LogP contribution in [-0.4, -0.2) is 30.9 Å². The Balaban J connectivity index is 1.74. The minimum atomic E-state index is -0.0337. The van der Waals surface area contributed by atoms with E-state index in [9.17, 15) is 4.79 Å². The van der Waals surface area contributed by atoms with E-state index >= 15 is 0 Å². The van der Waals surface area contributed by atoms with E-state index < -0.39 is 0 Å². The lowest BCUT2D eigenvalue weighted by molar-refractivity contribution is 0.104. The SMILES string of the molecule is COc1ccc(/C=C/C(=O)c2ccc(Cl)cc2)cc1CN1CCCC1. The molecule has 0 aromatic heterocycles. The van der Waals surface area contributed by atoms with Gasteiger partial charge >= 0.3 is 0 Å². The number of likely N-dealkylation sites (tertiary alicyclic amines) is 1. The van der Waals surface area contributed by atoms with Crippen molar-refractivity contribution in [2.45, 2.75) is 19.4 Å². The molecule has 2 aromatic carbocycles. The molecule has 3 nitrogen and oxygen atoms in total. The van der Waals surface area contributed by atoms with Crippen molar-refractivity contribution in [2.75, 3.05) is 20.2 Å². The van der Waals surface area contributed by atoms with E-state index in [0.717, 1.165) is 36.5 Å². The first kappa shape index (κ1) is 17.7. The second kappa shape index (κ2) is 8.32. The minimum Gasteiger partial charge on any atom is -0.496 e. The molecule has 1 fully saturated rings. The number of hydrogen-bond donors (Lipinski definition) is 0. The lowest BCUT2D eigenvalue weighted by Crippen LogP contribution is -2.18. The van der Waals surface area contributed by atoms with Gasteiger partial charge in [0, 0.05) is 22.7 Å². The van der Waals surface area contributed by atoms with Crippen LogP contribution in [0, 0.1) is 0 Å². The van der Waals surface area contributed by atoms with Gasteiger partial charge in [0.2, 0.25) is 0 Å². The van der Waals surface area contributed by atoms with Gasteiger partial charge in [0.05, 0.1) is 7.11 Å². The zero-order chi connectivity index (χ0) is 17.6. The van der Waals surface area contributed by atoms with Crippen LogP contribution in [0.3, 0.4) is 0 Å². The number of nitrogens with zero attached hydrogens (tertiary/aromatic N) is 1. The van der Waals surface area contributed by atoms with Crippen LogP contribution in [-0.2, 0) is 6.54 Å². The lowest BCUT2D eigenvalue weighted by Gasteiger charge is -2.17. The molecule has 2 aromatic rings. The third kappa shape index (κ3) is 4.71. The van der Waals surface area contributed by atoms with Gasteiger partial charge < -0.3 is 4.74 Å². The molecule has 0 aliphatic carbocycles. The zero-order valence-electron chi connectivity index (χ0n) is 14.4. The van der Waals surface area contributed by atoms with Crippen molar-refractivity contribution in [3.8, 4) is 5.75 Å². The number of rotatable bonds is 6. The molecular formula is C21H22ClNO2. The molecule has 130 valence electrons. The Labute approximate surface area is 153 Å². The molecule has 1 aliphatic heterocycles. The third-order valence-electron chi connectivity index (χ3n) is 4.45. The maximum atomic E-state index is 12.3. The first-order valence-corrected chi connectivity index (χ1v) is 8.91. The fourth-order valence-electron chi connectivity index (χ4n) is 3.09. The van der Waals surface area contributed by atoms with Crippen molar-refractivity contribution < 1.29 is 9.53 Å². The number of allylic oxidation sites excluding steroid dienone is 1. The summed E-state index contributed by atoms with van der Waals surface area (Å²) in [5.41, 5.74) is 2.79. The van der Waals surface area contributed by atoms with Gasteiger partial charge in [0.25, 0.3) is 0 Å². The molecule has 0 bridgehead atoms. The molecule has 1 aliphatic rings. The van der Waals surface area contributed by atoms with Crippen molar-refractivity contribution in [3.05, 3.63) is 70.3 Å². The van der Waals surface area contributed by atoms with E-state index in [1.54, 1.807) is 37.5 Å². The first-order valence-electron chi connectivity index (χ1n) is 8.53. The largest absolute Gasteiger partial charge is 0.496 e. The molecular weight excluding hydrogens is 334 g/mol. The second-order valence-corrected chi connectivity index (χ2v) is 6.70. The van der Waals surface area contributed by atoms with Gasteiger partial charge in [-0.2, -0.15) is 0 Å². The van der Waals surface area contributed by atoms with Crippen LogP contribution in [0.2, 0.25) is 5.02 Å². The topological polar surface area (TPSA) is 29.5 Å². The Kier molecular flexibility index (Phi) is 5.90. The number of methoxy groups -OCH3 is 1. The van der Waals surface area contributed by atoms with Crippen LogP contribution in [0.25, 0.3) is 6.08 Å². The predicted molar refractivity (Wildman–Crippen MR) is 102 cm³/mol. The summed E-state index contributed by atoms with van der Waals surface area (Å²) in [6, 6.07) is 13.0. The molecule has 1 saturated heterocycles. The van der Waals surface area contributed by atoms with E-state index in [1.807, 2.05) is 18.2 Å². The molecule has 0 saturated carbocycles. The van der Waals surface area contributed by atoms with Crippen molar-refractivity contribution in [1.29, 1.82) is 0 Å². The number of ether oxygens (including phenoxy) is 1. The molecule has 0 unspecified atom stereocenters. The van der Waals surface area contributed by atoms with E-state index in [1.165, 1.54) is 12.8 Å². The summed E-state index contributed by atoms with van der Waals surface area (Å²) >= 11 is 5.86. The molecule has 25 heavy (non-hydrogen) atoms.